The summed E-state index contributed by atoms with van der Waals surface area (Å²) in [5, 5.41) is 0. The van der Waals surface area contributed by atoms with Gasteiger partial charge in [0.25, 0.3) is 0 Å². The topological polar surface area (TPSA) is 51.3 Å². The van der Waals surface area contributed by atoms with Gasteiger partial charge in [-0.05, 0) is 31.4 Å². The summed E-state index contributed by atoms with van der Waals surface area (Å²) < 4.78 is 7.74. The first-order valence-electron chi connectivity index (χ1n) is 9.00. The maximum atomic E-state index is 12.9. The molecule has 1 aliphatic heterocycles. The van der Waals surface area contributed by atoms with E-state index in [2.05, 4.69) is 34.5 Å². The van der Waals surface area contributed by atoms with Crippen LogP contribution in [0.4, 0.5) is 0 Å². The van der Waals surface area contributed by atoms with Crippen LogP contribution in [0.15, 0.2) is 35.2 Å². The van der Waals surface area contributed by atoms with E-state index in [1.165, 1.54) is 0 Å². The average molecular weight is 327 g/mol. The molecule has 4 rings (SSSR count). The Hall–Kier alpha value is -2.04. The van der Waals surface area contributed by atoms with Gasteiger partial charge in [-0.25, -0.2) is 4.98 Å². The lowest BCUT2D eigenvalue weighted by Crippen LogP contribution is -2.42. The molecule has 0 bridgehead atoms. The zero-order chi connectivity index (χ0) is 16.7. The molecule has 1 saturated carbocycles. The maximum absolute atomic E-state index is 12.9. The van der Waals surface area contributed by atoms with E-state index in [0.29, 0.717) is 17.9 Å². The van der Waals surface area contributed by atoms with Crippen molar-refractivity contribution in [2.75, 3.05) is 13.1 Å². The van der Waals surface area contributed by atoms with Crippen molar-refractivity contribution in [1.82, 2.24) is 14.5 Å². The minimum Gasteiger partial charge on any atom is -0.469 e. The molecule has 24 heavy (non-hydrogen) atoms. The second-order valence-electron chi connectivity index (χ2n) is 7.39. The third-order valence-electron chi connectivity index (χ3n) is 5.33. The van der Waals surface area contributed by atoms with E-state index in [1.54, 1.807) is 6.26 Å². The van der Waals surface area contributed by atoms with Gasteiger partial charge in [-0.2, -0.15) is 0 Å². The quantitative estimate of drug-likeness (QED) is 0.862. The first-order chi connectivity index (χ1) is 11.6. The monoisotopic (exact) mass is 327 g/mol. The molecule has 5 heteroatoms. The van der Waals surface area contributed by atoms with E-state index < -0.39 is 0 Å². The Morgan fingerprint density at radius 3 is 3.04 bits per heavy atom. The van der Waals surface area contributed by atoms with Gasteiger partial charge < -0.3 is 13.9 Å². The zero-order valence-electron chi connectivity index (χ0n) is 14.4. The van der Waals surface area contributed by atoms with Gasteiger partial charge in [0.15, 0.2) is 0 Å². The molecule has 0 N–H and O–H groups in total. The summed E-state index contributed by atoms with van der Waals surface area (Å²) in [6, 6.07) is 4.24. The van der Waals surface area contributed by atoms with Crippen molar-refractivity contribution >= 4 is 5.91 Å². The Balaban J connectivity index is 1.44. The Kier molecular flexibility index (Phi) is 3.94. The molecule has 5 nitrogen and oxygen atoms in total. The van der Waals surface area contributed by atoms with E-state index in [9.17, 15) is 4.79 Å². The molecule has 2 fully saturated rings. The number of carbonyl (C=O) groups excluding carboxylic acids is 1. The van der Waals surface area contributed by atoms with Crippen LogP contribution in [0, 0.1) is 5.92 Å². The molecule has 2 aliphatic rings. The van der Waals surface area contributed by atoms with Crippen molar-refractivity contribution in [2.45, 2.75) is 51.0 Å². The first-order valence-corrected chi connectivity index (χ1v) is 9.00. The number of amides is 1. The molecule has 3 heterocycles. The second kappa shape index (κ2) is 6.11. The molecular weight excluding hydrogens is 302 g/mol. The van der Waals surface area contributed by atoms with Crippen LogP contribution in [0.3, 0.4) is 0 Å². The van der Waals surface area contributed by atoms with Crippen molar-refractivity contribution in [2.24, 2.45) is 5.92 Å². The maximum Gasteiger partial charge on any atom is 0.226 e. The van der Waals surface area contributed by atoms with Crippen molar-refractivity contribution in [3.05, 3.63) is 42.4 Å². The highest BCUT2D eigenvalue weighted by atomic mass is 16.3. The summed E-state index contributed by atoms with van der Waals surface area (Å²) in [7, 11) is 0. The lowest BCUT2D eigenvalue weighted by Gasteiger charge is -2.34. The summed E-state index contributed by atoms with van der Waals surface area (Å²) in [5.74, 6) is 3.17. The molecule has 0 aromatic carbocycles. The van der Waals surface area contributed by atoms with E-state index in [1.807, 2.05) is 18.3 Å². The summed E-state index contributed by atoms with van der Waals surface area (Å²) in [5.41, 5.74) is 0. The SMILES string of the molecule is CC(C)c1nccn1[C@@H]1CCCN(C(=O)[C@@H]2C[C@H]2c2ccco2)C1. The smallest absolute Gasteiger partial charge is 0.226 e. The predicted molar refractivity (Wildman–Crippen MR) is 90.7 cm³/mol. The van der Waals surface area contributed by atoms with E-state index in [4.69, 9.17) is 4.42 Å². The fourth-order valence-electron chi connectivity index (χ4n) is 3.98. The van der Waals surface area contributed by atoms with Crippen LogP contribution in [0.2, 0.25) is 0 Å². The van der Waals surface area contributed by atoms with E-state index in [0.717, 1.165) is 43.9 Å². The molecule has 0 unspecified atom stereocenters. The van der Waals surface area contributed by atoms with Crippen LogP contribution >= 0.6 is 0 Å². The van der Waals surface area contributed by atoms with E-state index in [-0.39, 0.29) is 11.8 Å². The van der Waals surface area contributed by atoms with Gasteiger partial charge in [0.1, 0.15) is 11.6 Å². The van der Waals surface area contributed by atoms with Crippen LogP contribution in [0.1, 0.15) is 62.6 Å². The fourth-order valence-corrected chi connectivity index (χ4v) is 3.98. The number of nitrogens with zero attached hydrogens (tertiary/aromatic N) is 3. The molecule has 2 aromatic rings. The van der Waals surface area contributed by atoms with Gasteiger partial charge in [0, 0.05) is 43.2 Å². The van der Waals surface area contributed by atoms with Gasteiger partial charge >= 0.3 is 0 Å². The summed E-state index contributed by atoms with van der Waals surface area (Å²) >= 11 is 0. The Morgan fingerprint density at radius 1 is 1.42 bits per heavy atom. The van der Waals surface area contributed by atoms with Crippen LogP contribution in [-0.2, 0) is 4.79 Å². The number of rotatable bonds is 4. The lowest BCUT2D eigenvalue weighted by molar-refractivity contribution is -0.134. The van der Waals surface area contributed by atoms with Gasteiger partial charge in [-0.3, -0.25) is 4.79 Å². The highest BCUT2D eigenvalue weighted by Crippen LogP contribution is 2.49. The number of piperidine rings is 1. The fraction of sp³-hybridized carbons (Fsp3) is 0.579. The number of hydrogen-bond donors (Lipinski definition) is 0. The number of furan rings is 1. The standard InChI is InChI=1S/C19H25N3O2/c1-13(2)18-20-7-9-22(18)14-5-3-8-21(12-14)19(23)16-11-15(16)17-6-4-10-24-17/h4,6-7,9-10,13-16H,3,5,8,11-12H2,1-2H3/t14-,15-,16-/m1/s1. The normalized spacial score (nSPS) is 26.8. The van der Waals surface area contributed by atoms with Crippen LogP contribution in [0.25, 0.3) is 0 Å². The highest BCUT2D eigenvalue weighted by molar-refractivity contribution is 5.83. The Labute approximate surface area is 142 Å². The molecule has 1 saturated heterocycles. The summed E-state index contributed by atoms with van der Waals surface area (Å²) in [6.45, 7) is 6.02. The minimum atomic E-state index is 0.113. The van der Waals surface area contributed by atoms with Gasteiger partial charge in [0.05, 0.1) is 12.3 Å². The van der Waals surface area contributed by atoms with Crippen molar-refractivity contribution in [3.8, 4) is 0 Å². The number of carbonyl (C=O) groups is 1. The van der Waals surface area contributed by atoms with Crippen molar-refractivity contribution in [1.29, 1.82) is 0 Å². The molecular formula is C19H25N3O2. The predicted octanol–water partition coefficient (Wildman–Crippen LogP) is 3.57. The minimum absolute atomic E-state index is 0.113. The van der Waals surface area contributed by atoms with Crippen LogP contribution < -0.4 is 0 Å². The number of imidazole rings is 1. The number of aromatic nitrogens is 2. The molecule has 1 aliphatic carbocycles. The van der Waals surface area contributed by atoms with Crippen LogP contribution in [0.5, 0.6) is 0 Å². The molecule has 3 atom stereocenters. The first kappa shape index (κ1) is 15.5. The van der Waals surface area contributed by atoms with E-state index >= 15 is 0 Å². The molecule has 2 aromatic heterocycles. The lowest BCUT2D eigenvalue weighted by atomic mass is 10.0. The summed E-state index contributed by atoms with van der Waals surface area (Å²) in [6.07, 6.45) is 8.74. The number of hydrogen-bond acceptors (Lipinski definition) is 3. The Morgan fingerprint density at radius 2 is 2.29 bits per heavy atom. The molecule has 128 valence electrons. The number of likely N-dealkylation sites (tertiary alicyclic amines) is 1. The average Bonchev–Trinajstić information content (AvgIpc) is 3.03. The highest BCUT2D eigenvalue weighted by Gasteiger charge is 2.48. The van der Waals surface area contributed by atoms with Gasteiger partial charge in [0.2, 0.25) is 5.91 Å². The third kappa shape index (κ3) is 2.76. The molecule has 0 spiro atoms. The van der Waals surface area contributed by atoms with Gasteiger partial charge in [-0.1, -0.05) is 13.8 Å². The summed E-state index contributed by atoms with van der Waals surface area (Å²) in [4.78, 5) is 19.4. The van der Waals surface area contributed by atoms with Crippen LogP contribution in [-0.4, -0.2) is 33.4 Å². The van der Waals surface area contributed by atoms with Crippen molar-refractivity contribution in [3.63, 3.8) is 0 Å². The molecule has 0 radical (unpaired) electrons. The zero-order valence-corrected chi connectivity index (χ0v) is 14.4. The Bertz CT molecular complexity index is 704. The van der Waals surface area contributed by atoms with Gasteiger partial charge in [-0.15, -0.1) is 0 Å². The second-order valence-corrected chi connectivity index (χ2v) is 7.39. The third-order valence-corrected chi connectivity index (χ3v) is 5.33. The van der Waals surface area contributed by atoms with Crippen molar-refractivity contribution < 1.29 is 9.21 Å². The molecule has 1 amide bonds. The largest absolute Gasteiger partial charge is 0.469 e.